The van der Waals surface area contributed by atoms with Crippen molar-refractivity contribution in [3.63, 3.8) is 0 Å². The van der Waals surface area contributed by atoms with E-state index in [0.717, 1.165) is 5.56 Å². The van der Waals surface area contributed by atoms with E-state index < -0.39 is 5.97 Å². The van der Waals surface area contributed by atoms with Crippen LogP contribution in [0.15, 0.2) is 49.1 Å². The smallest absolute Gasteiger partial charge is 0.336 e. The van der Waals surface area contributed by atoms with E-state index in [-0.39, 0.29) is 5.57 Å². The van der Waals surface area contributed by atoms with E-state index in [1.165, 1.54) is 6.20 Å². The molecule has 4 nitrogen and oxygen atoms in total. The lowest BCUT2D eigenvalue weighted by molar-refractivity contribution is -0.130. The maximum atomic E-state index is 11.2. The average Bonchev–Trinajstić information content (AvgIpc) is 2.38. The Kier molecular flexibility index (Phi) is 3.25. The van der Waals surface area contributed by atoms with Gasteiger partial charge in [0.1, 0.15) is 0 Å². The summed E-state index contributed by atoms with van der Waals surface area (Å²) < 4.78 is 0. The van der Waals surface area contributed by atoms with Gasteiger partial charge in [0.25, 0.3) is 0 Å². The molecule has 0 fully saturated rings. The number of hydrogen-bond acceptors (Lipinski definition) is 3. The number of rotatable bonds is 3. The number of aromatic nitrogens is 2. The molecule has 2 rings (SSSR count). The molecule has 0 atom stereocenters. The number of hydrogen-bond donors (Lipinski definition) is 1. The SMILES string of the molecule is O=C(O)/C(=C/c1ccncc1)c1cccnc1. The molecular formula is C13H10N2O2. The number of carboxylic acids is 1. The van der Waals surface area contributed by atoms with Crippen LogP contribution in [0, 0.1) is 0 Å². The largest absolute Gasteiger partial charge is 0.478 e. The third kappa shape index (κ3) is 2.75. The highest BCUT2D eigenvalue weighted by molar-refractivity contribution is 6.20. The molecule has 0 aliphatic carbocycles. The van der Waals surface area contributed by atoms with E-state index in [1.54, 1.807) is 48.9 Å². The van der Waals surface area contributed by atoms with Crippen LogP contribution in [0.1, 0.15) is 11.1 Å². The third-order valence-electron chi connectivity index (χ3n) is 2.22. The Morgan fingerprint density at radius 3 is 2.47 bits per heavy atom. The van der Waals surface area contributed by atoms with Crippen molar-refractivity contribution in [1.82, 2.24) is 9.97 Å². The Morgan fingerprint density at radius 2 is 1.88 bits per heavy atom. The first kappa shape index (κ1) is 11.0. The molecule has 0 spiro atoms. The van der Waals surface area contributed by atoms with E-state index in [4.69, 9.17) is 0 Å². The van der Waals surface area contributed by atoms with Gasteiger partial charge in [0, 0.05) is 30.4 Å². The molecule has 0 aliphatic heterocycles. The van der Waals surface area contributed by atoms with E-state index in [9.17, 15) is 9.90 Å². The molecule has 0 radical (unpaired) electrons. The summed E-state index contributed by atoms with van der Waals surface area (Å²) in [5, 5.41) is 9.18. The van der Waals surface area contributed by atoms with Gasteiger partial charge in [-0.1, -0.05) is 6.07 Å². The summed E-state index contributed by atoms with van der Waals surface area (Å²) >= 11 is 0. The third-order valence-corrected chi connectivity index (χ3v) is 2.22. The summed E-state index contributed by atoms with van der Waals surface area (Å²) in [5.74, 6) is -0.977. The molecule has 0 unspecified atom stereocenters. The molecule has 0 saturated carbocycles. The van der Waals surface area contributed by atoms with Crippen molar-refractivity contribution in [3.8, 4) is 0 Å². The Balaban J connectivity index is 2.44. The number of nitrogens with zero attached hydrogens (tertiary/aromatic N) is 2. The van der Waals surface area contributed by atoms with Crippen molar-refractivity contribution in [2.75, 3.05) is 0 Å². The minimum Gasteiger partial charge on any atom is -0.478 e. The molecule has 4 heteroatoms. The van der Waals surface area contributed by atoms with Gasteiger partial charge in [-0.15, -0.1) is 0 Å². The molecule has 0 aliphatic rings. The Bertz CT molecular complexity index is 536. The monoisotopic (exact) mass is 226 g/mol. The normalized spacial score (nSPS) is 11.2. The highest BCUT2D eigenvalue weighted by atomic mass is 16.4. The van der Waals surface area contributed by atoms with E-state index in [1.807, 2.05) is 0 Å². The average molecular weight is 226 g/mol. The second-order valence-electron chi connectivity index (χ2n) is 3.39. The van der Waals surface area contributed by atoms with Crippen LogP contribution in [0.4, 0.5) is 0 Å². The van der Waals surface area contributed by atoms with Crippen molar-refractivity contribution in [2.45, 2.75) is 0 Å². The molecule has 0 saturated heterocycles. The summed E-state index contributed by atoms with van der Waals surface area (Å²) in [7, 11) is 0. The van der Waals surface area contributed by atoms with E-state index in [0.29, 0.717) is 5.56 Å². The predicted octanol–water partition coefficient (Wildman–Crippen LogP) is 2.10. The highest BCUT2D eigenvalue weighted by Gasteiger charge is 2.09. The fourth-order valence-electron chi connectivity index (χ4n) is 1.42. The fourth-order valence-corrected chi connectivity index (χ4v) is 1.42. The zero-order chi connectivity index (χ0) is 12.1. The van der Waals surface area contributed by atoms with Crippen molar-refractivity contribution < 1.29 is 9.90 Å². The van der Waals surface area contributed by atoms with Gasteiger partial charge >= 0.3 is 5.97 Å². The standard InChI is InChI=1S/C13H10N2O2/c16-13(17)12(11-2-1-5-15-9-11)8-10-3-6-14-7-4-10/h1-9H,(H,16,17)/b12-8+. The van der Waals surface area contributed by atoms with Crippen LogP contribution >= 0.6 is 0 Å². The summed E-state index contributed by atoms with van der Waals surface area (Å²) in [5.41, 5.74) is 1.59. The number of pyridine rings is 2. The maximum absolute atomic E-state index is 11.2. The van der Waals surface area contributed by atoms with Crippen molar-refractivity contribution in [2.24, 2.45) is 0 Å². The van der Waals surface area contributed by atoms with Crippen LogP contribution in [-0.2, 0) is 4.79 Å². The van der Waals surface area contributed by atoms with Gasteiger partial charge in [0.15, 0.2) is 0 Å². The summed E-state index contributed by atoms with van der Waals surface area (Å²) in [4.78, 5) is 19.0. The maximum Gasteiger partial charge on any atom is 0.336 e. The van der Waals surface area contributed by atoms with Crippen LogP contribution in [0.3, 0.4) is 0 Å². The second-order valence-corrected chi connectivity index (χ2v) is 3.39. The van der Waals surface area contributed by atoms with Gasteiger partial charge in [0.05, 0.1) is 5.57 Å². The fraction of sp³-hybridized carbons (Fsp3) is 0. The van der Waals surface area contributed by atoms with Crippen LogP contribution in [0.25, 0.3) is 11.6 Å². The van der Waals surface area contributed by atoms with Crippen molar-refractivity contribution in [3.05, 3.63) is 60.2 Å². The van der Waals surface area contributed by atoms with E-state index in [2.05, 4.69) is 9.97 Å². The summed E-state index contributed by atoms with van der Waals surface area (Å²) in [6.07, 6.45) is 7.97. The van der Waals surface area contributed by atoms with Crippen LogP contribution in [0.2, 0.25) is 0 Å². The topological polar surface area (TPSA) is 63.1 Å². The van der Waals surface area contributed by atoms with Crippen LogP contribution < -0.4 is 0 Å². The molecular weight excluding hydrogens is 216 g/mol. The summed E-state index contributed by atoms with van der Waals surface area (Å²) in [6.45, 7) is 0. The molecule has 0 amide bonds. The van der Waals surface area contributed by atoms with Gasteiger partial charge in [-0.25, -0.2) is 4.79 Å². The van der Waals surface area contributed by atoms with Crippen LogP contribution in [-0.4, -0.2) is 21.0 Å². The zero-order valence-corrected chi connectivity index (χ0v) is 8.95. The number of aliphatic carboxylic acids is 1. The summed E-state index contributed by atoms with van der Waals surface area (Å²) in [6, 6.07) is 6.92. The van der Waals surface area contributed by atoms with Crippen LogP contribution in [0.5, 0.6) is 0 Å². The zero-order valence-electron chi connectivity index (χ0n) is 8.95. The number of carbonyl (C=O) groups is 1. The van der Waals surface area contributed by atoms with Gasteiger partial charge < -0.3 is 5.11 Å². The predicted molar refractivity (Wildman–Crippen MR) is 64.0 cm³/mol. The van der Waals surface area contributed by atoms with Gasteiger partial charge in [-0.05, 0) is 29.8 Å². The Hall–Kier alpha value is -2.49. The van der Waals surface area contributed by atoms with Gasteiger partial charge in [-0.3, -0.25) is 9.97 Å². The molecule has 84 valence electrons. The van der Waals surface area contributed by atoms with Crippen molar-refractivity contribution >= 4 is 17.6 Å². The molecule has 0 aromatic carbocycles. The van der Waals surface area contributed by atoms with E-state index >= 15 is 0 Å². The highest BCUT2D eigenvalue weighted by Crippen LogP contribution is 2.17. The molecule has 2 aromatic heterocycles. The molecule has 17 heavy (non-hydrogen) atoms. The lowest BCUT2D eigenvalue weighted by Gasteiger charge is -2.01. The first-order valence-corrected chi connectivity index (χ1v) is 5.03. The molecule has 2 heterocycles. The van der Waals surface area contributed by atoms with Gasteiger partial charge in [-0.2, -0.15) is 0 Å². The molecule has 2 aromatic rings. The quantitative estimate of drug-likeness (QED) is 0.814. The lowest BCUT2D eigenvalue weighted by atomic mass is 10.1. The Morgan fingerprint density at radius 1 is 1.12 bits per heavy atom. The first-order chi connectivity index (χ1) is 8.27. The molecule has 1 N–H and O–H groups in total. The molecule has 0 bridgehead atoms. The second kappa shape index (κ2) is 5.03. The lowest BCUT2D eigenvalue weighted by Crippen LogP contribution is -1.99. The Labute approximate surface area is 98.3 Å². The minimum atomic E-state index is -0.977. The minimum absolute atomic E-state index is 0.212. The van der Waals surface area contributed by atoms with Gasteiger partial charge in [0.2, 0.25) is 0 Å². The first-order valence-electron chi connectivity index (χ1n) is 5.03. The number of carboxylic acid groups (broad SMARTS) is 1. The van der Waals surface area contributed by atoms with Crippen molar-refractivity contribution in [1.29, 1.82) is 0 Å².